The minimum absolute atomic E-state index is 0.0235. The normalized spacial score (nSPS) is 10.5. The molecule has 0 saturated carbocycles. The average Bonchev–Trinajstić information content (AvgIpc) is 2.04. The highest BCUT2D eigenvalue weighted by Gasteiger charge is 2.15. The summed E-state index contributed by atoms with van der Waals surface area (Å²) < 4.78 is 26.4. The number of carbonyl (C=O) groups excluding carboxylic acids is 1. The minimum atomic E-state index is -0.745. The molecular formula is C10H10F2O. The van der Waals surface area contributed by atoms with Gasteiger partial charge >= 0.3 is 0 Å². The van der Waals surface area contributed by atoms with Crippen LogP contribution in [0.25, 0.3) is 0 Å². The Bertz CT molecular complexity index is 332. The molecule has 0 N–H and O–H groups in total. The Hall–Kier alpha value is -1.25. The molecule has 0 fully saturated rings. The van der Waals surface area contributed by atoms with Crippen molar-refractivity contribution >= 4 is 6.29 Å². The van der Waals surface area contributed by atoms with Gasteiger partial charge in [0.15, 0.2) is 6.29 Å². The summed E-state index contributed by atoms with van der Waals surface area (Å²) in [5.41, 5.74) is -0.116. The Kier molecular flexibility index (Phi) is 2.76. The molecule has 0 saturated heterocycles. The lowest BCUT2D eigenvalue weighted by Gasteiger charge is -2.09. The summed E-state index contributed by atoms with van der Waals surface area (Å²) >= 11 is 0. The third-order valence-corrected chi connectivity index (χ3v) is 1.86. The largest absolute Gasteiger partial charge is 0.298 e. The molecule has 0 amide bonds. The van der Waals surface area contributed by atoms with E-state index < -0.39 is 11.6 Å². The Morgan fingerprint density at radius 3 is 2.38 bits per heavy atom. The quantitative estimate of drug-likeness (QED) is 0.646. The molecule has 70 valence electrons. The Morgan fingerprint density at radius 1 is 1.31 bits per heavy atom. The van der Waals surface area contributed by atoms with Crippen LogP contribution in [0.2, 0.25) is 0 Å². The predicted octanol–water partition coefficient (Wildman–Crippen LogP) is 2.90. The van der Waals surface area contributed by atoms with Crippen molar-refractivity contribution < 1.29 is 13.6 Å². The summed E-state index contributed by atoms with van der Waals surface area (Å²) in [6.07, 6.45) is 0.390. The minimum Gasteiger partial charge on any atom is -0.298 e. The summed E-state index contributed by atoms with van der Waals surface area (Å²) in [4.78, 5) is 10.4. The van der Waals surface area contributed by atoms with E-state index in [0.717, 1.165) is 12.1 Å². The van der Waals surface area contributed by atoms with Crippen LogP contribution in [0.3, 0.4) is 0 Å². The van der Waals surface area contributed by atoms with E-state index in [4.69, 9.17) is 0 Å². The van der Waals surface area contributed by atoms with E-state index in [1.54, 1.807) is 13.8 Å². The summed E-state index contributed by atoms with van der Waals surface area (Å²) in [6, 6.07) is 2.26. The molecule has 0 heterocycles. The maximum atomic E-state index is 13.3. The van der Waals surface area contributed by atoms with Crippen molar-refractivity contribution in [3.63, 3.8) is 0 Å². The van der Waals surface area contributed by atoms with Gasteiger partial charge in [-0.05, 0) is 18.1 Å². The van der Waals surface area contributed by atoms with Crippen LogP contribution in [0.15, 0.2) is 12.1 Å². The SMILES string of the molecule is CC(C)c1c(F)ccc(C=O)c1F. The predicted molar refractivity (Wildman–Crippen MR) is 45.8 cm³/mol. The fourth-order valence-electron chi connectivity index (χ4n) is 1.21. The van der Waals surface area contributed by atoms with Crippen molar-refractivity contribution in [1.29, 1.82) is 0 Å². The summed E-state index contributed by atoms with van der Waals surface area (Å²) in [6.45, 7) is 3.35. The monoisotopic (exact) mass is 184 g/mol. The molecule has 1 rings (SSSR count). The molecule has 0 aliphatic carbocycles. The average molecular weight is 184 g/mol. The van der Waals surface area contributed by atoms with E-state index in [9.17, 15) is 13.6 Å². The summed E-state index contributed by atoms with van der Waals surface area (Å²) in [7, 11) is 0. The van der Waals surface area contributed by atoms with Crippen LogP contribution < -0.4 is 0 Å². The fourth-order valence-corrected chi connectivity index (χ4v) is 1.21. The zero-order chi connectivity index (χ0) is 10.0. The van der Waals surface area contributed by atoms with Crippen molar-refractivity contribution in [2.45, 2.75) is 19.8 Å². The molecule has 1 aromatic carbocycles. The van der Waals surface area contributed by atoms with Crippen molar-refractivity contribution in [3.8, 4) is 0 Å². The second kappa shape index (κ2) is 3.64. The van der Waals surface area contributed by atoms with E-state index in [2.05, 4.69) is 0 Å². The maximum Gasteiger partial charge on any atom is 0.153 e. The van der Waals surface area contributed by atoms with Gasteiger partial charge in [0.25, 0.3) is 0 Å². The van der Waals surface area contributed by atoms with E-state index >= 15 is 0 Å². The van der Waals surface area contributed by atoms with Gasteiger partial charge in [0.2, 0.25) is 0 Å². The van der Waals surface area contributed by atoms with Gasteiger partial charge in [-0.3, -0.25) is 4.79 Å². The molecule has 0 aromatic heterocycles. The van der Waals surface area contributed by atoms with Crippen molar-refractivity contribution in [3.05, 3.63) is 34.9 Å². The highest BCUT2D eigenvalue weighted by atomic mass is 19.1. The van der Waals surface area contributed by atoms with Gasteiger partial charge in [-0.2, -0.15) is 0 Å². The lowest BCUT2D eigenvalue weighted by Crippen LogP contribution is -2.01. The van der Waals surface area contributed by atoms with Gasteiger partial charge in [-0.1, -0.05) is 13.8 Å². The molecule has 0 bridgehead atoms. The molecule has 0 aliphatic heterocycles. The van der Waals surface area contributed by atoms with Gasteiger partial charge < -0.3 is 0 Å². The number of halogens is 2. The molecule has 0 spiro atoms. The first-order valence-electron chi connectivity index (χ1n) is 4.01. The lowest BCUT2D eigenvalue weighted by atomic mass is 9.99. The highest BCUT2D eigenvalue weighted by Crippen LogP contribution is 2.23. The third-order valence-electron chi connectivity index (χ3n) is 1.86. The van der Waals surface area contributed by atoms with Crippen molar-refractivity contribution in [2.75, 3.05) is 0 Å². The van der Waals surface area contributed by atoms with E-state index in [-0.39, 0.29) is 17.0 Å². The topological polar surface area (TPSA) is 17.1 Å². The van der Waals surface area contributed by atoms with Gasteiger partial charge in [0.1, 0.15) is 11.6 Å². The number of hydrogen-bond donors (Lipinski definition) is 0. The van der Waals surface area contributed by atoms with Gasteiger partial charge in [-0.25, -0.2) is 8.78 Å². The van der Waals surface area contributed by atoms with Crippen LogP contribution in [0.1, 0.15) is 35.7 Å². The van der Waals surface area contributed by atoms with Gasteiger partial charge in [0.05, 0.1) is 5.56 Å². The van der Waals surface area contributed by atoms with Crippen LogP contribution in [-0.4, -0.2) is 6.29 Å². The van der Waals surface area contributed by atoms with Crippen molar-refractivity contribution in [2.24, 2.45) is 0 Å². The van der Waals surface area contributed by atoms with E-state index in [1.165, 1.54) is 0 Å². The second-order valence-electron chi connectivity index (χ2n) is 3.14. The molecule has 0 unspecified atom stereocenters. The first-order chi connectivity index (χ1) is 6.07. The third kappa shape index (κ3) is 1.74. The van der Waals surface area contributed by atoms with Crippen LogP contribution >= 0.6 is 0 Å². The maximum absolute atomic E-state index is 13.3. The lowest BCUT2D eigenvalue weighted by molar-refractivity contribution is 0.111. The Labute approximate surface area is 75.4 Å². The van der Waals surface area contributed by atoms with E-state index in [1.807, 2.05) is 0 Å². The second-order valence-corrected chi connectivity index (χ2v) is 3.14. The first kappa shape index (κ1) is 9.84. The number of benzene rings is 1. The molecular weight excluding hydrogens is 174 g/mol. The summed E-state index contributed by atoms with van der Waals surface area (Å²) in [5, 5.41) is 0. The Morgan fingerprint density at radius 2 is 1.92 bits per heavy atom. The molecule has 3 heteroatoms. The fraction of sp³-hybridized carbons (Fsp3) is 0.300. The van der Waals surface area contributed by atoms with E-state index in [0.29, 0.717) is 6.29 Å². The molecule has 0 atom stereocenters. The molecule has 0 radical (unpaired) electrons. The smallest absolute Gasteiger partial charge is 0.153 e. The van der Waals surface area contributed by atoms with Crippen LogP contribution in [-0.2, 0) is 0 Å². The van der Waals surface area contributed by atoms with Gasteiger partial charge in [-0.15, -0.1) is 0 Å². The number of aldehydes is 1. The van der Waals surface area contributed by atoms with Crippen molar-refractivity contribution in [1.82, 2.24) is 0 Å². The molecule has 1 aromatic rings. The first-order valence-corrected chi connectivity index (χ1v) is 4.01. The molecule has 1 nitrogen and oxygen atoms in total. The molecule has 13 heavy (non-hydrogen) atoms. The molecule has 0 aliphatic rings. The van der Waals surface area contributed by atoms with Crippen LogP contribution in [0, 0.1) is 11.6 Å². The standard InChI is InChI=1S/C10H10F2O/c1-6(2)9-8(11)4-3-7(5-13)10(9)12/h3-6H,1-2H3. The van der Waals surface area contributed by atoms with Crippen LogP contribution in [0.4, 0.5) is 8.78 Å². The number of rotatable bonds is 2. The Balaban J connectivity index is 3.38. The zero-order valence-electron chi connectivity index (χ0n) is 7.47. The zero-order valence-corrected chi connectivity index (χ0v) is 7.47. The highest BCUT2D eigenvalue weighted by molar-refractivity contribution is 5.75. The summed E-state index contributed by atoms with van der Waals surface area (Å²) in [5.74, 6) is -1.61. The van der Waals surface area contributed by atoms with Crippen LogP contribution in [0.5, 0.6) is 0 Å². The van der Waals surface area contributed by atoms with Gasteiger partial charge in [0, 0.05) is 5.56 Å². The number of carbonyl (C=O) groups is 1. The number of hydrogen-bond acceptors (Lipinski definition) is 1.